The molecule has 0 bridgehead atoms. The maximum Gasteiger partial charge on any atom is 0.0468 e. The highest BCUT2D eigenvalue weighted by Gasteiger charge is 2.44. The normalized spacial score (nSPS) is 39.5. The molecule has 3 atom stereocenters. The third-order valence-corrected chi connectivity index (χ3v) is 3.44. The molecule has 0 aromatic rings. The highest BCUT2D eigenvalue weighted by Crippen LogP contribution is 2.48. The minimum atomic E-state index is 0.415. The first kappa shape index (κ1) is 8.52. The van der Waals surface area contributed by atoms with Gasteiger partial charge in [0, 0.05) is 19.3 Å². The van der Waals surface area contributed by atoms with E-state index in [0.29, 0.717) is 6.04 Å². The quantitative estimate of drug-likeness (QED) is 0.678. The summed E-state index contributed by atoms with van der Waals surface area (Å²) in [6.45, 7) is 4.10. The van der Waals surface area contributed by atoms with Gasteiger partial charge in [0.25, 0.3) is 0 Å². The molecule has 2 fully saturated rings. The van der Waals surface area contributed by atoms with E-state index in [4.69, 9.17) is 10.5 Å². The van der Waals surface area contributed by atoms with Crippen molar-refractivity contribution in [2.75, 3.05) is 13.2 Å². The molecule has 1 heterocycles. The monoisotopic (exact) mass is 169 g/mol. The topological polar surface area (TPSA) is 35.2 Å². The Kier molecular flexibility index (Phi) is 2.37. The van der Waals surface area contributed by atoms with Crippen LogP contribution in [0.5, 0.6) is 0 Å². The lowest BCUT2D eigenvalue weighted by molar-refractivity contribution is 0.0578. The van der Waals surface area contributed by atoms with Crippen LogP contribution in [0.2, 0.25) is 0 Å². The van der Waals surface area contributed by atoms with Crippen molar-refractivity contribution < 1.29 is 4.74 Å². The van der Waals surface area contributed by atoms with Crippen LogP contribution < -0.4 is 5.73 Å². The molecule has 1 aliphatic carbocycles. The van der Waals surface area contributed by atoms with Crippen LogP contribution in [0.4, 0.5) is 0 Å². The molecule has 0 aromatic heterocycles. The first-order valence-corrected chi connectivity index (χ1v) is 5.12. The van der Waals surface area contributed by atoms with Gasteiger partial charge in [0.2, 0.25) is 0 Å². The molecule has 3 unspecified atom stereocenters. The SMILES string of the molecule is CC(N)C1CC1C1CCOCC1. The van der Waals surface area contributed by atoms with Gasteiger partial charge in [-0.25, -0.2) is 0 Å². The lowest BCUT2D eigenvalue weighted by atomic mass is 9.92. The minimum Gasteiger partial charge on any atom is -0.381 e. The number of nitrogens with two attached hydrogens (primary N) is 1. The molecule has 2 N–H and O–H groups in total. The van der Waals surface area contributed by atoms with Crippen molar-refractivity contribution in [3.63, 3.8) is 0 Å². The van der Waals surface area contributed by atoms with Crippen molar-refractivity contribution in [3.05, 3.63) is 0 Å². The largest absolute Gasteiger partial charge is 0.381 e. The number of hydrogen-bond acceptors (Lipinski definition) is 2. The van der Waals surface area contributed by atoms with Crippen molar-refractivity contribution in [2.45, 2.75) is 32.2 Å². The van der Waals surface area contributed by atoms with E-state index in [1.54, 1.807) is 0 Å². The van der Waals surface area contributed by atoms with E-state index in [0.717, 1.165) is 31.0 Å². The molecule has 2 heteroatoms. The maximum absolute atomic E-state index is 5.86. The molecule has 70 valence electrons. The molecular formula is C10H19NO. The average Bonchev–Trinajstić information content (AvgIpc) is 2.84. The Morgan fingerprint density at radius 3 is 2.50 bits per heavy atom. The molecule has 0 amide bonds. The predicted octanol–water partition coefficient (Wildman–Crippen LogP) is 1.40. The molecule has 1 saturated carbocycles. The Balaban J connectivity index is 1.79. The molecule has 12 heavy (non-hydrogen) atoms. The summed E-state index contributed by atoms with van der Waals surface area (Å²) in [6.07, 6.45) is 3.92. The van der Waals surface area contributed by atoms with Crippen LogP contribution in [0.1, 0.15) is 26.2 Å². The van der Waals surface area contributed by atoms with Crippen LogP contribution in [-0.4, -0.2) is 19.3 Å². The van der Waals surface area contributed by atoms with Crippen LogP contribution in [0.25, 0.3) is 0 Å². The maximum atomic E-state index is 5.86. The van der Waals surface area contributed by atoms with Crippen molar-refractivity contribution >= 4 is 0 Å². The Hall–Kier alpha value is -0.0800. The third-order valence-electron chi connectivity index (χ3n) is 3.44. The minimum absolute atomic E-state index is 0.415. The van der Waals surface area contributed by atoms with Crippen molar-refractivity contribution in [2.24, 2.45) is 23.5 Å². The van der Waals surface area contributed by atoms with Gasteiger partial charge in [0.05, 0.1) is 0 Å². The first-order valence-electron chi connectivity index (χ1n) is 5.12. The second-order valence-corrected chi connectivity index (χ2v) is 4.37. The van der Waals surface area contributed by atoms with E-state index in [1.807, 2.05) is 0 Å². The molecule has 0 radical (unpaired) electrons. The fourth-order valence-electron chi connectivity index (χ4n) is 2.53. The zero-order valence-corrected chi connectivity index (χ0v) is 7.83. The fraction of sp³-hybridized carbons (Fsp3) is 1.00. The molecule has 1 aliphatic heterocycles. The second-order valence-electron chi connectivity index (χ2n) is 4.37. The lowest BCUT2D eigenvalue weighted by Crippen LogP contribution is -2.23. The summed E-state index contributed by atoms with van der Waals surface area (Å²) >= 11 is 0. The van der Waals surface area contributed by atoms with E-state index < -0.39 is 0 Å². The first-order chi connectivity index (χ1) is 5.79. The third kappa shape index (κ3) is 1.64. The Labute approximate surface area is 74.5 Å². The number of rotatable bonds is 2. The van der Waals surface area contributed by atoms with Gasteiger partial charge in [0.1, 0.15) is 0 Å². The molecule has 0 aromatic carbocycles. The van der Waals surface area contributed by atoms with Gasteiger partial charge in [-0.2, -0.15) is 0 Å². The van der Waals surface area contributed by atoms with Gasteiger partial charge in [-0.1, -0.05) is 0 Å². The van der Waals surface area contributed by atoms with Gasteiger partial charge < -0.3 is 10.5 Å². The van der Waals surface area contributed by atoms with Crippen LogP contribution >= 0.6 is 0 Å². The van der Waals surface area contributed by atoms with Crippen molar-refractivity contribution in [3.8, 4) is 0 Å². The van der Waals surface area contributed by atoms with E-state index in [-0.39, 0.29) is 0 Å². The Morgan fingerprint density at radius 1 is 1.33 bits per heavy atom. The summed E-state index contributed by atoms with van der Waals surface area (Å²) in [7, 11) is 0. The van der Waals surface area contributed by atoms with E-state index in [2.05, 4.69) is 6.92 Å². The van der Waals surface area contributed by atoms with E-state index in [9.17, 15) is 0 Å². The fourth-order valence-corrected chi connectivity index (χ4v) is 2.53. The Morgan fingerprint density at radius 2 is 2.00 bits per heavy atom. The highest BCUT2D eigenvalue weighted by atomic mass is 16.5. The van der Waals surface area contributed by atoms with Crippen LogP contribution in [0, 0.1) is 17.8 Å². The van der Waals surface area contributed by atoms with Gasteiger partial charge in [-0.3, -0.25) is 0 Å². The number of hydrogen-bond donors (Lipinski definition) is 1. The standard InChI is InChI=1S/C10H19NO/c1-7(11)9-6-10(9)8-2-4-12-5-3-8/h7-10H,2-6,11H2,1H3. The lowest BCUT2D eigenvalue weighted by Gasteiger charge is -2.22. The second kappa shape index (κ2) is 3.35. The van der Waals surface area contributed by atoms with Crippen LogP contribution in [-0.2, 0) is 4.74 Å². The summed E-state index contributed by atoms with van der Waals surface area (Å²) in [4.78, 5) is 0. The predicted molar refractivity (Wildman–Crippen MR) is 48.8 cm³/mol. The van der Waals surface area contributed by atoms with Crippen molar-refractivity contribution in [1.82, 2.24) is 0 Å². The molecule has 0 spiro atoms. The van der Waals surface area contributed by atoms with Crippen molar-refractivity contribution in [1.29, 1.82) is 0 Å². The molecule has 2 aliphatic rings. The molecule has 2 nitrogen and oxygen atoms in total. The smallest absolute Gasteiger partial charge is 0.0468 e. The molecule has 2 rings (SSSR count). The average molecular weight is 169 g/mol. The Bertz CT molecular complexity index is 152. The highest BCUT2D eigenvalue weighted by molar-refractivity contribution is 4.95. The van der Waals surface area contributed by atoms with Gasteiger partial charge >= 0.3 is 0 Å². The molecule has 1 saturated heterocycles. The van der Waals surface area contributed by atoms with E-state index in [1.165, 1.54) is 19.3 Å². The summed E-state index contributed by atoms with van der Waals surface area (Å²) in [5, 5.41) is 0. The summed E-state index contributed by atoms with van der Waals surface area (Å²) in [5.74, 6) is 2.69. The zero-order chi connectivity index (χ0) is 8.55. The van der Waals surface area contributed by atoms with Gasteiger partial charge in [-0.05, 0) is 43.9 Å². The summed E-state index contributed by atoms with van der Waals surface area (Å²) < 4.78 is 5.34. The van der Waals surface area contributed by atoms with E-state index >= 15 is 0 Å². The zero-order valence-electron chi connectivity index (χ0n) is 7.83. The molecular weight excluding hydrogens is 150 g/mol. The summed E-state index contributed by atoms with van der Waals surface area (Å²) in [6, 6.07) is 0.415. The van der Waals surface area contributed by atoms with Gasteiger partial charge in [0.15, 0.2) is 0 Å². The van der Waals surface area contributed by atoms with Gasteiger partial charge in [-0.15, -0.1) is 0 Å². The number of ether oxygens (including phenoxy) is 1. The van der Waals surface area contributed by atoms with Crippen LogP contribution in [0.15, 0.2) is 0 Å². The summed E-state index contributed by atoms with van der Waals surface area (Å²) in [5.41, 5.74) is 5.86. The van der Waals surface area contributed by atoms with Crippen LogP contribution in [0.3, 0.4) is 0 Å².